The molecule has 49 heavy (non-hydrogen) atoms. The summed E-state index contributed by atoms with van der Waals surface area (Å²) in [6.45, 7) is 5.74. The minimum absolute atomic E-state index is 0.0400. The summed E-state index contributed by atoms with van der Waals surface area (Å²) in [5.74, 6) is -0.345. The van der Waals surface area contributed by atoms with E-state index in [1.807, 2.05) is 53.2 Å². The first-order valence-corrected chi connectivity index (χ1v) is 16.9. The quantitative estimate of drug-likeness (QED) is 0.386. The number of hydrogen-bond donors (Lipinski definition) is 2. The van der Waals surface area contributed by atoms with Gasteiger partial charge in [-0.15, -0.1) is 0 Å². The minimum atomic E-state index is -0.834. The van der Waals surface area contributed by atoms with E-state index in [2.05, 4.69) is 16.4 Å². The highest BCUT2D eigenvalue weighted by Gasteiger charge is 2.51. The number of aromatic hydroxyl groups is 1. The molecule has 13 heteroatoms. The molecule has 0 saturated carbocycles. The van der Waals surface area contributed by atoms with Crippen LogP contribution in [0.3, 0.4) is 0 Å². The zero-order chi connectivity index (χ0) is 33.9. The van der Waals surface area contributed by atoms with Crippen molar-refractivity contribution in [3.63, 3.8) is 0 Å². The molecule has 3 atom stereocenters. The third-order valence-electron chi connectivity index (χ3n) is 9.78. The summed E-state index contributed by atoms with van der Waals surface area (Å²) in [6, 6.07) is 15.1. The predicted octanol–water partition coefficient (Wildman–Crippen LogP) is 1.27. The number of allylic oxidation sites excluding steroid dienone is 3. The summed E-state index contributed by atoms with van der Waals surface area (Å²) in [6.07, 6.45) is 7.69. The van der Waals surface area contributed by atoms with Crippen molar-refractivity contribution in [2.24, 2.45) is 11.0 Å². The number of fused-ring (bicyclic) bond motifs is 2. The fourth-order valence-corrected chi connectivity index (χ4v) is 7.21. The van der Waals surface area contributed by atoms with Crippen LogP contribution in [0.15, 0.2) is 83.5 Å². The molecule has 0 aromatic heterocycles. The van der Waals surface area contributed by atoms with Crippen LogP contribution in [0.1, 0.15) is 11.1 Å². The van der Waals surface area contributed by atoms with Gasteiger partial charge < -0.3 is 25.0 Å². The summed E-state index contributed by atoms with van der Waals surface area (Å²) < 4.78 is 7.48. The second kappa shape index (κ2) is 14.3. The van der Waals surface area contributed by atoms with Crippen molar-refractivity contribution in [1.29, 1.82) is 0 Å². The van der Waals surface area contributed by atoms with Crippen molar-refractivity contribution in [3.8, 4) is 5.75 Å². The van der Waals surface area contributed by atoms with Crippen LogP contribution in [0.25, 0.3) is 0 Å². The molecule has 2 aromatic carbocycles. The molecule has 1 aliphatic carbocycles. The standard InChI is InChI=1S/C36H42N8O5/c1-39-25-34(46)43-32(20-26-10-12-29(45)13-11-26)35(47)41(24-33(43)44(39)36(48)37-21-27-6-3-2-4-7-27)22-28-8-5-9-31-30(28)23-42(38-31)15-14-40-16-18-49-19-17-40/h2-13,23,30,32-33H,14-22,24-25H2,1H3,(H-,37,45,48)/p+1/t30?,32-,33-/m0/s1. The van der Waals surface area contributed by atoms with Crippen molar-refractivity contribution >= 4 is 29.8 Å². The lowest BCUT2D eigenvalue weighted by molar-refractivity contribution is -0.526. The Morgan fingerprint density at radius 3 is 2.61 bits per heavy atom. The SMILES string of the molecule is CN1CC(=O)N2[C@@H](Cc3ccc(O)cc3)C(=O)N(CC3=CC=CC4=N[N+](CCN5CCOCC5)=CC34)C[C@@H]2N1C(=O)NCc1ccccc1. The fraction of sp³-hybridized carbons (Fsp3) is 0.417. The molecule has 3 fully saturated rings. The maximum absolute atomic E-state index is 14.4. The number of morpholine rings is 1. The van der Waals surface area contributed by atoms with E-state index in [4.69, 9.17) is 9.84 Å². The maximum atomic E-state index is 14.4. The van der Waals surface area contributed by atoms with Crippen LogP contribution in [-0.2, 0) is 27.3 Å². The second-order valence-corrected chi connectivity index (χ2v) is 13.1. The molecular formula is C36H43N8O5+. The number of amides is 4. The third-order valence-corrected chi connectivity index (χ3v) is 9.78. The molecule has 0 bridgehead atoms. The van der Waals surface area contributed by atoms with E-state index in [0.717, 1.165) is 61.8 Å². The number of benzene rings is 2. The van der Waals surface area contributed by atoms with E-state index in [9.17, 15) is 19.5 Å². The lowest BCUT2D eigenvalue weighted by Crippen LogP contribution is -2.76. The van der Waals surface area contributed by atoms with Gasteiger partial charge in [-0.3, -0.25) is 14.5 Å². The van der Waals surface area contributed by atoms with Gasteiger partial charge in [0.15, 0.2) is 12.8 Å². The van der Waals surface area contributed by atoms with Gasteiger partial charge >= 0.3 is 6.03 Å². The molecule has 0 spiro atoms. The van der Waals surface area contributed by atoms with E-state index in [1.54, 1.807) is 51.1 Å². The van der Waals surface area contributed by atoms with E-state index in [-0.39, 0.29) is 49.0 Å². The van der Waals surface area contributed by atoms with Gasteiger partial charge in [0.2, 0.25) is 11.8 Å². The molecular weight excluding hydrogens is 624 g/mol. The van der Waals surface area contributed by atoms with Gasteiger partial charge in [-0.05, 0) is 40.0 Å². The van der Waals surface area contributed by atoms with Gasteiger partial charge in [0.05, 0.1) is 32.8 Å². The summed E-state index contributed by atoms with van der Waals surface area (Å²) in [5, 5.41) is 21.0. The molecule has 3 saturated heterocycles. The van der Waals surface area contributed by atoms with Gasteiger partial charge in [0.1, 0.15) is 29.6 Å². The first kappa shape index (κ1) is 32.7. The molecule has 4 heterocycles. The van der Waals surface area contributed by atoms with Crippen LogP contribution in [-0.4, -0.2) is 143 Å². The van der Waals surface area contributed by atoms with E-state index >= 15 is 0 Å². The Kier molecular flexibility index (Phi) is 9.56. The number of hydrazone groups is 1. The Hall–Kier alpha value is -4.85. The number of ether oxygens (including phenoxy) is 1. The van der Waals surface area contributed by atoms with Crippen molar-refractivity contribution in [3.05, 3.63) is 89.5 Å². The van der Waals surface area contributed by atoms with Gasteiger partial charge in [-0.25, -0.2) is 14.8 Å². The van der Waals surface area contributed by atoms with E-state index in [0.29, 0.717) is 13.1 Å². The largest absolute Gasteiger partial charge is 0.508 e. The topological polar surface area (TPSA) is 124 Å². The van der Waals surface area contributed by atoms with Gasteiger partial charge in [-0.2, -0.15) is 0 Å². The van der Waals surface area contributed by atoms with Crippen LogP contribution in [0.2, 0.25) is 0 Å². The number of likely N-dealkylation sites (N-methyl/N-ethyl adjacent to an activating group) is 1. The highest BCUT2D eigenvalue weighted by atomic mass is 16.5. The molecule has 2 N–H and O–H groups in total. The molecule has 4 amide bonds. The van der Waals surface area contributed by atoms with Crippen molar-refractivity contribution < 1.29 is 28.9 Å². The Morgan fingerprint density at radius 2 is 1.84 bits per heavy atom. The number of carbonyl (C=O) groups excluding carboxylic acids is 3. The number of nitrogens with one attached hydrogen (secondary N) is 1. The average Bonchev–Trinajstić information content (AvgIpc) is 3.54. The second-order valence-electron chi connectivity index (χ2n) is 13.1. The molecule has 7 rings (SSSR count). The Bertz CT molecular complexity index is 1680. The molecule has 13 nitrogen and oxygen atoms in total. The van der Waals surface area contributed by atoms with E-state index < -0.39 is 12.2 Å². The summed E-state index contributed by atoms with van der Waals surface area (Å²) in [5.41, 5.74) is 3.71. The number of rotatable bonds is 9. The predicted molar refractivity (Wildman–Crippen MR) is 183 cm³/mol. The summed E-state index contributed by atoms with van der Waals surface area (Å²) in [4.78, 5) is 47.7. The van der Waals surface area contributed by atoms with Crippen LogP contribution in [0.4, 0.5) is 4.79 Å². The number of carbonyl (C=O) groups is 3. The molecule has 4 aliphatic heterocycles. The zero-order valence-corrected chi connectivity index (χ0v) is 27.7. The highest BCUT2D eigenvalue weighted by Crippen LogP contribution is 2.30. The van der Waals surface area contributed by atoms with Crippen molar-refractivity contribution in [1.82, 2.24) is 30.0 Å². The molecule has 2 aromatic rings. The summed E-state index contributed by atoms with van der Waals surface area (Å²) >= 11 is 0. The number of nitrogens with zero attached hydrogens (tertiary/aromatic N) is 7. The lowest BCUT2D eigenvalue weighted by atomic mass is 9.90. The minimum Gasteiger partial charge on any atom is -0.508 e. The van der Waals surface area contributed by atoms with Gasteiger partial charge in [0, 0.05) is 39.6 Å². The number of phenols is 1. The number of hydrazine groups is 1. The van der Waals surface area contributed by atoms with Crippen LogP contribution in [0, 0.1) is 5.92 Å². The zero-order valence-electron chi connectivity index (χ0n) is 27.7. The van der Waals surface area contributed by atoms with E-state index in [1.165, 1.54) is 0 Å². The fourth-order valence-electron chi connectivity index (χ4n) is 7.21. The average molecular weight is 668 g/mol. The molecule has 256 valence electrons. The van der Waals surface area contributed by atoms with Gasteiger partial charge in [0.25, 0.3) is 0 Å². The normalized spacial score (nSPS) is 24.3. The van der Waals surface area contributed by atoms with Crippen LogP contribution in [0.5, 0.6) is 5.75 Å². The van der Waals surface area contributed by atoms with Crippen LogP contribution < -0.4 is 5.32 Å². The Labute approximate surface area is 286 Å². The number of phenolic OH excluding ortho intramolecular Hbond substituents is 1. The summed E-state index contributed by atoms with van der Waals surface area (Å²) in [7, 11) is 1.73. The number of piperazine rings is 1. The molecule has 1 unspecified atom stereocenters. The highest BCUT2D eigenvalue weighted by molar-refractivity contribution is 6.09. The van der Waals surface area contributed by atoms with Crippen molar-refractivity contribution in [2.45, 2.75) is 25.2 Å². The maximum Gasteiger partial charge on any atom is 0.334 e. The Balaban J connectivity index is 1.13. The van der Waals surface area contributed by atoms with Gasteiger partial charge in [-0.1, -0.05) is 59.3 Å². The monoisotopic (exact) mass is 667 g/mol. The van der Waals surface area contributed by atoms with Crippen molar-refractivity contribution in [2.75, 3.05) is 66.1 Å². The van der Waals surface area contributed by atoms with Crippen LogP contribution >= 0.6 is 0 Å². The Morgan fingerprint density at radius 1 is 1.06 bits per heavy atom. The lowest BCUT2D eigenvalue weighted by Gasteiger charge is -2.54. The first-order valence-electron chi connectivity index (χ1n) is 16.9. The number of urea groups is 1. The number of hydrogen-bond acceptors (Lipinski definition) is 8. The molecule has 0 radical (unpaired) electrons. The smallest absolute Gasteiger partial charge is 0.334 e. The first-order chi connectivity index (χ1) is 23.8. The third kappa shape index (κ3) is 7.14. The molecule has 5 aliphatic rings.